The Labute approximate surface area is 70.0 Å². The van der Waals surface area contributed by atoms with Crippen molar-refractivity contribution in [1.29, 1.82) is 0 Å². The van der Waals surface area contributed by atoms with Gasteiger partial charge in [-0.25, -0.2) is 0 Å². The fourth-order valence-corrected chi connectivity index (χ4v) is 1.09. The Balaban J connectivity index is 3.03. The number of halogens is 1. The van der Waals surface area contributed by atoms with Gasteiger partial charge in [0.05, 0.1) is 17.1 Å². The van der Waals surface area contributed by atoms with E-state index in [1.807, 2.05) is 0 Å². The van der Waals surface area contributed by atoms with E-state index in [4.69, 9.17) is 11.6 Å². The maximum absolute atomic E-state index is 11.1. The van der Waals surface area contributed by atoms with Crippen LogP contribution in [0.25, 0.3) is 0 Å². The van der Waals surface area contributed by atoms with Crippen LogP contribution < -0.4 is 0 Å². The predicted octanol–water partition coefficient (Wildman–Crippen LogP) is 1.15. The summed E-state index contributed by atoms with van der Waals surface area (Å²) in [6.07, 6.45) is 1.68. The summed E-state index contributed by atoms with van der Waals surface area (Å²) in [5.41, 5.74) is 1.35. The average molecular weight is 173 g/mol. The van der Waals surface area contributed by atoms with E-state index in [0.29, 0.717) is 5.56 Å². The van der Waals surface area contributed by atoms with Crippen molar-refractivity contribution in [2.45, 2.75) is 6.92 Å². The molecule has 0 fully saturated rings. The van der Waals surface area contributed by atoms with Crippen molar-refractivity contribution in [3.8, 4) is 0 Å². The molecule has 0 aliphatic carbocycles. The Morgan fingerprint density at radius 2 is 2.45 bits per heavy atom. The third-order valence-electron chi connectivity index (χ3n) is 1.44. The lowest BCUT2D eigenvalue weighted by Crippen LogP contribution is -2.00. The second-order valence-electron chi connectivity index (χ2n) is 2.36. The van der Waals surface area contributed by atoms with E-state index >= 15 is 0 Å². The Morgan fingerprint density at radius 1 is 1.82 bits per heavy atom. The molecule has 4 heteroatoms. The lowest BCUT2D eigenvalue weighted by Gasteiger charge is -1.89. The summed E-state index contributed by atoms with van der Waals surface area (Å²) in [5, 5.41) is 4.02. The van der Waals surface area contributed by atoms with E-state index in [2.05, 4.69) is 5.10 Å². The normalized spacial score (nSPS) is 10.1. The van der Waals surface area contributed by atoms with Gasteiger partial charge in [0, 0.05) is 13.2 Å². The topological polar surface area (TPSA) is 34.9 Å². The molecule has 0 spiro atoms. The molecule has 1 heterocycles. The number of carbonyl (C=O) groups is 1. The van der Waals surface area contributed by atoms with E-state index in [9.17, 15) is 4.79 Å². The van der Waals surface area contributed by atoms with Gasteiger partial charge in [-0.1, -0.05) is 0 Å². The molecular weight excluding hydrogens is 164 g/mol. The summed E-state index contributed by atoms with van der Waals surface area (Å²) in [5.74, 6) is -0.0516. The SMILES string of the molecule is Cc1nn(C)cc1C(=O)CCl. The highest BCUT2D eigenvalue weighted by molar-refractivity contribution is 6.30. The molecule has 0 aromatic carbocycles. The standard InChI is InChI=1S/C7H9ClN2O/c1-5-6(7(11)3-8)4-10(2)9-5/h4H,3H2,1-2H3. The van der Waals surface area contributed by atoms with Gasteiger partial charge < -0.3 is 0 Å². The lowest BCUT2D eigenvalue weighted by molar-refractivity contribution is 0.102. The van der Waals surface area contributed by atoms with Crippen molar-refractivity contribution < 1.29 is 4.79 Å². The zero-order chi connectivity index (χ0) is 8.43. The van der Waals surface area contributed by atoms with Crippen LogP contribution in [0.15, 0.2) is 6.20 Å². The van der Waals surface area contributed by atoms with Crippen molar-refractivity contribution in [1.82, 2.24) is 9.78 Å². The van der Waals surface area contributed by atoms with Crippen LogP contribution in [0.4, 0.5) is 0 Å². The van der Waals surface area contributed by atoms with E-state index in [-0.39, 0.29) is 11.7 Å². The third-order valence-corrected chi connectivity index (χ3v) is 1.68. The first kappa shape index (κ1) is 8.27. The van der Waals surface area contributed by atoms with Crippen LogP contribution in [0.2, 0.25) is 0 Å². The first-order chi connectivity index (χ1) is 5.15. The molecule has 0 saturated heterocycles. The Bertz CT molecular complexity index is 280. The number of alkyl halides is 1. The maximum atomic E-state index is 11.1. The molecule has 3 nitrogen and oxygen atoms in total. The molecular formula is C7H9ClN2O. The number of rotatable bonds is 2. The Hall–Kier alpha value is -0.830. The summed E-state index contributed by atoms with van der Waals surface area (Å²) in [6, 6.07) is 0. The second-order valence-corrected chi connectivity index (χ2v) is 2.63. The smallest absolute Gasteiger partial charge is 0.181 e. The largest absolute Gasteiger partial charge is 0.293 e. The average Bonchev–Trinajstić information content (AvgIpc) is 2.28. The van der Waals surface area contributed by atoms with E-state index in [1.165, 1.54) is 0 Å². The molecule has 0 unspecified atom stereocenters. The fraction of sp³-hybridized carbons (Fsp3) is 0.429. The molecule has 0 radical (unpaired) electrons. The number of nitrogens with zero attached hydrogens (tertiary/aromatic N) is 2. The lowest BCUT2D eigenvalue weighted by atomic mass is 10.2. The van der Waals surface area contributed by atoms with Crippen LogP contribution in [0.3, 0.4) is 0 Å². The minimum atomic E-state index is -0.0720. The van der Waals surface area contributed by atoms with Crippen LogP contribution in [0.1, 0.15) is 16.1 Å². The molecule has 1 aromatic heterocycles. The molecule has 0 bridgehead atoms. The minimum absolute atomic E-state index is 0.0204. The summed E-state index contributed by atoms with van der Waals surface area (Å²) in [7, 11) is 1.78. The maximum Gasteiger partial charge on any atom is 0.181 e. The van der Waals surface area contributed by atoms with E-state index < -0.39 is 0 Å². The van der Waals surface area contributed by atoms with E-state index in [0.717, 1.165) is 5.69 Å². The van der Waals surface area contributed by atoms with Gasteiger partial charge in [-0.05, 0) is 6.92 Å². The third kappa shape index (κ3) is 1.60. The number of carbonyl (C=O) groups excluding carboxylic acids is 1. The highest BCUT2D eigenvalue weighted by Gasteiger charge is 2.10. The highest BCUT2D eigenvalue weighted by atomic mass is 35.5. The zero-order valence-electron chi connectivity index (χ0n) is 6.47. The first-order valence-electron chi connectivity index (χ1n) is 3.24. The molecule has 0 atom stereocenters. The summed E-state index contributed by atoms with van der Waals surface area (Å²) >= 11 is 5.38. The quantitative estimate of drug-likeness (QED) is 0.496. The number of hydrogen-bond donors (Lipinski definition) is 0. The molecule has 0 saturated carbocycles. The van der Waals surface area contributed by atoms with Gasteiger partial charge in [0.15, 0.2) is 5.78 Å². The van der Waals surface area contributed by atoms with Crippen LogP contribution in [0.5, 0.6) is 0 Å². The van der Waals surface area contributed by atoms with Gasteiger partial charge >= 0.3 is 0 Å². The van der Waals surface area contributed by atoms with Crippen LogP contribution >= 0.6 is 11.6 Å². The van der Waals surface area contributed by atoms with Gasteiger partial charge in [-0.15, -0.1) is 11.6 Å². The van der Waals surface area contributed by atoms with Crippen molar-refractivity contribution in [3.63, 3.8) is 0 Å². The summed E-state index contributed by atoms with van der Waals surface area (Å²) in [6.45, 7) is 1.79. The monoisotopic (exact) mass is 172 g/mol. The molecule has 0 N–H and O–H groups in total. The van der Waals surface area contributed by atoms with Crippen molar-refractivity contribution in [2.24, 2.45) is 7.05 Å². The molecule has 1 aromatic rings. The Morgan fingerprint density at radius 3 is 2.82 bits per heavy atom. The predicted molar refractivity (Wildman–Crippen MR) is 43.0 cm³/mol. The van der Waals surface area contributed by atoms with Gasteiger partial charge in [0.1, 0.15) is 0 Å². The summed E-state index contributed by atoms with van der Waals surface area (Å²) in [4.78, 5) is 11.1. The molecule has 11 heavy (non-hydrogen) atoms. The van der Waals surface area contributed by atoms with Crippen LogP contribution in [0, 0.1) is 6.92 Å². The van der Waals surface area contributed by atoms with Gasteiger partial charge in [0.25, 0.3) is 0 Å². The number of hydrogen-bond acceptors (Lipinski definition) is 2. The molecule has 0 aliphatic heterocycles. The number of Topliss-reactive ketones (excluding diaryl/α,β-unsaturated/α-hetero) is 1. The van der Waals surface area contributed by atoms with Gasteiger partial charge in [-0.3, -0.25) is 9.48 Å². The van der Waals surface area contributed by atoms with Gasteiger partial charge in [-0.2, -0.15) is 5.10 Å². The molecule has 0 amide bonds. The molecule has 0 aliphatic rings. The molecule has 60 valence electrons. The van der Waals surface area contributed by atoms with Crippen molar-refractivity contribution in [3.05, 3.63) is 17.5 Å². The summed E-state index contributed by atoms with van der Waals surface area (Å²) < 4.78 is 1.61. The fourth-order valence-electron chi connectivity index (χ4n) is 0.945. The number of aromatic nitrogens is 2. The van der Waals surface area contributed by atoms with Crippen LogP contribution in [-0.4, -0.2) is 21.4 Å². The highest BCUT2D eigenvalue weighted by Crippen LogP contribution is 2.05. The first-order valence-corrected chi connectivity index (χ1v) is 3.78. The zero-order valence-corrected chi connectivity index (χ0v) is 7.22. The van der Waals surface area contributed by atoms with E-state index in [1.54, 1.807) is 24.9 Å². The number of aryl methyl sites for hydroxylation is 2. The number of ketones is 1. The van der Waals surface area contributed by atoms with Crippen LogP contribution in [-0.2, 0) is 7.05 Å². The van der Waals surface area contributed by atoms with Crippen molar-refractivity contribution >= 4 is 17.4 Å². The Kier molecular flexibility index (Phi) is 2.29. The molecule has 1 rings (SSSR count). The van der Waals surface area contributed by atoms with Gasteiger partial charge in [0.2, 0.25) is 0 Å². The second kappa shape index (κ2) is 3.05. The van der Waals surface area contributed by atoms with Crippen molar-refractivity contribution in [2.75, 3.05) is 5.88 Å². The minimum Gasteiger partial charge on any atom is -0.293 e.